The number of morpholine rings is 1. The minimum absolute atomic E-state index is 0.148. The second-order valence-corrected chi connectivity index (χ2v) is 10.4. The van der Waals surface area contributed by atoms with E-state index in [1.54, 1.807) is 19.1 Å². The number of sulfonamides is 1. The van der Waals surface area contributed by atoms with Gasteiger partial charge in [0.05, 0.1) is 23.8 Å². The molecule has 7 nitrogen and oxygen atoms in total. The molecule has 0 saturated carbocycles. The van der Waals surface area contributed by atoms with Crippen LogP contribution < -0.4 is 5.32 Å². The first-order chi connectivity index (χ1) is 15.4. The number of thiazole rings is 1. The molecule has 4 rings (SSSR count). The van der Waals surface area contributed by atoms with E-state index in [0.717, 1.165) is 17.0 Å². The minimum Gasteiger partial charge on any atom is -0.379 e. The molecule has 0 spiro atoms. The van der Waals surface area contributed by atoms with Gasteiger partial charge in [-0.2, -0.15) is 4.31 Å². The van der Waals surface area contributed by atoms with E-state index >= 15 is 0 Å². The highest BCUT2D eigenvalue weighted by atomic mass is 32.2. The Morgan fingerprint density at radius 3 is 2.56 bits per heavy atom. The lowest BCUT2D eigenvalue weighted by Gasteiger charge is -2.26. The van der Waals surface area contributed by atoms with Crippen molar-refractivity contribution in [3.05, 3.63) is 64.7 Å². The van der Waals surface area contributed by atoms with Crippen molar-refractivity contribution in [1.29, 1.82) is 0 Å². The fraction of sp³-hybridized carbons (Fsp3) is 0.304. The molecule has 1 N–H and O–H groups in total. The maximum atomic E-state index is 12.9. The van der Waals surface area contributed by atoms with Gasteiger partial charge in [-0.25, -0.2) is 13.4 Å². The van der Waals surface area contributed by atoms with E-state index in [2.05, 4.69) is 29.4 Å². The lowest BCUT2D eigenvalue weighted by atomic mass is 10.1. The van der Waals surface area contributed by atoms with Crippen molar-refractivity contribution in [3.8, 4) is 10.6 Å². The van der Waals surface area contributed by atoms with Crippen molar-refractivity contribution in [1.82, 2.24) is 9.29 Å². The Bertz CT molecular complexity index is 1210. The summed E-state index contributed by atoms with van der Waals surface area (Å²) in [5.74, 6) is -0.308. The van der Waals surface area contributed by atoms with Gasteiger partial charge in [0.15, 0.2) is 0 Å². The van der Waals surface area contributed by atoms with Gasteiger partial charge in [0.2, 0.25) is 10.0 Å². The summed E-state index contributed by atoms with van der Waals surface area (Å²) in [6, 6.07) is 14.5. The number of rotatable bonds is 6. The van der Waals surface area contributed by atoms with Gasteiger partial charge in [0.1, 0.15) is 9.88 Å². The predicted molar refractivity (Wildman–Crippen MR) is 126 cm³/mol. The average molecular weight is 472 g/mol. The first kappa shape index (κ1) is 22.6. The Labute approximate surface area is 192 Å². The van der Waals surface area contributed by atoms with E-state index in [0.29, 0.717) is 42.6 Å². The number of aromatic nitrogens is 1. The molecule has 2 heterocycles. The first-order valence-corrected chi connectivity index (χ1v) is 12.7. The molecular formula is C23H25N3O4S2. The smallest absolute Gasteiger partial charge is 0.267 e. The maximum Gasteiger partial charge on any atom is 0.267 e. The largest absolute Gasteiger partial charge is 0.379 e. The normalized spacial score (nSPS) is 14.9. The molecule has 1 aliphatic rings. The zero-order valence-electron chi connectivity index (χ0n) is 18.0. The number of aryl methyl sites for hydroxylation is 2. The summed E-state index contributed by atoms with van der Waals surface area (Å²) in [6.45, 7) is 5.30. The highest BCUT2D eigenvalue weighted by Crippen LogP contribution is 2.29. The molecule has 0 bridgehead atoms. The van der Waals surface area contributed by atoms with Crippen LogP contribution in [0.15, 0.2) is 53.4 Å². The van der Waals surface area contributed by atoms with Crippen LogP contribution in [0.5, 0.6) is 0 Å². The van der Waals surface area contributed by atoms with Crippen molar-refractivity contribution in [2.24, 2.45) is 0 Å². The van der Waals surface area contributed by atoms with Gasteiger partial charge in [-0.1, -0.05) is 37.3 Å². The monoisotopic (exact) mass is 471 g/mol. The number of hydrogen-bond donors (Lipinski definition) is 1. The third-order valence-electron chi connectivity index (χ3n) is 5.31. The molecule has 0 atom stereocenters. The number of anilines is 1. The van der Waals surface area contributed by atoms with Gasteiger partial charge in [-0.3, -0.25) is 4.79 Å². The lowest BCUT2D eigenvalue weighted by Crippen LogP contribution is -2.40. The van der Waals surface area contributed by atoms with E-state index < -0.39 is 10.0 Å². The number of carbonyl (C=O) groups excluding carboxylic acids is 1. The van der Waals surface area contributed by atoms with Crippen LogP contribution in [0.3, 0.4) is 0 Å². The van der Waals surface area contributed by atoms with Crippen molar-refractivity contribution in [2.75, 3.05) is 31.6 Å². The fourth-order valence-corrected chi connectivity index (χ4v) is 5.89. The summed E-state index contributed by atoms with van der Waals surface area (Å²) in [5.41, 5.74) is 3.27. The van der Waals surface area contributed by atoms with E-state index in [9.17, 15) is 13.2 Å². The summed E-state index contributed by atoms with van der Waals surface area (Å²) in [5, 5.41) is 3.60. The van der Waals surface area contributed by atoms with Gasteiger partial charge >= 0.3 is 0 Å². The average Bonchev–Trinajstić information content (AvgIpc) is 3.21. The molecule has 9 heteroatoms. The Hall–Kier alpha value is -2.59. The van der Waals surface area contributed by atoms with Crippen molar-refractivity contribution in [3.63, 3.8) is 0 Å². The Morgan fingerprint density at radius 2 is 1.88 bits per heavy atom. The number of ether oxygens (including phenoxy) is 1. The van der Waals surface area contributed by atoms with Gasteiger partial charge in [0, 0.05) is 24.3 Å². The molecule has 1 saturated heterocycles. The SMILES string of the molecule is CCc1ccc(-c2nc(C)c(C(=O)Nc3cccc(S(=O)(=O)N4CCOCC4)c3)s2)cc1. The van der Waals surface area contributed by atoms with Crippen LogP contribution in [-0.4, -0.2) is 49.9 Å². The van der Waals surface area contributed by atoms with E-state index in [1.807, 2.05) is 12.1 Å². The standard InChI is InChI=1S/C23H25N3O4S2/c1-3-17-7-9-18(10-8-17)23-24-16(2)21(31-23)22(27)25-19-5-4-6-20(15-19)32(28,29)26-11-13-30-14-12-26/h4-10,15H,3,11-14H2,1-2H3,(H,25,27). The predicted octanol–water partition coefficient (Wildman–Crippen LogP) is 3.95. The number of benzene rings is 2. The van der Waals surface area contributed by atoms with Crippen molar-refractivity contribution >= 4 is 33.0 Å². The van der Waals surface area contributed by atoms with E-state index in [-0.39, 0.29) is 10.8 Å². The molecule has 168 valence electrons. The lowest BCUT2D eigenvalue weighted by molar-refractivity contribution is 0.0730. The molecule has 0 radical (unpaired) electrons. The second kappa shape index (κ2) is 9.50. The summed E-state index contributed by atoms with van der Waals surface area (Å²) >= 11 is 1.32. The second-order valence-electron chi connectivity index (χ2n) is 7.48. The first-order valence-electron chi connectivity index (χ1n) is 10.4. The summed E-state index contributed by atoms with van der Waals surface area (Å²) in [7, 11) is -3.64. The zero-order valence-corrected chi connectivity index (χ0v) is 19.6. The molecule has 2 aromatic carbocycles. The number of amides is 1. The maximum absolute atomic E-state index is 12.9. The van der Waals surface area contributed by atoms with Crippen LogP contribution in [0.1, 0.15) is 27.9 Å². The van der Waals surface area contributed by atoms with Crippen LogP contribution >= 0.6 is 11.3 Å². The number of hydrogen-bond acceptors (Lipinski definition) is 6. The molecule has 3 aromatic rings. The minimum atomic E-state index is -3.64. The molecule has 0 unspecified atom stereocenters. The van der Waals surface area contributed by atoms with Crippen LogP contribution in [0.4, 0.5) is 5.69 Å². The quantitative estimate of drug-likeness (QED) is 0.588. The van der Waals surface area contributed by atoms with Gasteiger partial charge in [0.25, 0.3) is 5.91 Å². The van der Waals surface area contributed by atoms with Crippen LogP contribution in [-0.2, 0) is 21.2 Å². The van der Waals surface area contributed by atoms with Gasteiger partial charge in [-0.15, -0.1) is 11.3 Å². The van der Waals surface area contributed by atoms with E-state index in [4.69, 9.17) is 4.74 Å². The Balaban J connectivity index is 1.53. The number of nitrogens with one attached hydrogen (secondary N) is 1. The molecule has 1 fully saturated rings. The van der Waals surface area contributed by atoms with E-state index in [1.165, 1.54) is 33.3 Å². The summed E-state index contributed by atoms with van der Waals surface area (Å²) < 4.78 is 32.5. The summed E-state index contributed by atoms with van der Waals surface area (Å²) in [4.78, 5) is 18.1. The van der Waals surface area contributed by atoms with Crippen LogP contribution in [0.2, 0.25) is 0 Å². The highest BCUT2D eigenvalue weighted by Gasteiger charge is 2.26. The third-order valence-corrected chi connectivity index (χ3v) is 8.41. The number of carbonyl (C=O) groups is 1. The third kappa shape index (κ3) is 4.75. The molecule has 0 aliphatic carbocycles. The van der Waals surface area contributed by atoms with Gasteiger partial charge in [-0.05, 0) is 37.1 Å². The fourth-order valence-electron chi connectivity index (χ4n) is 3.47. The van der Waals surface area contributed by atoms with Crippen molar-refractivity contribution in [2.45, 2.75) is 25.2 Å². The van der Waals surface area contributed by atoms with Crippen LogP contribution in [0.25, 0.3) is 10.6 Å². The molecule has 32 heavy (non-hydrogen) atoms. The zero-order chi connectivity index (χ0) is 22.7. The Kier molecular flexibility index (Phi) is 6.71. The molecule has 1 amide bonds. The Morgan fingerprint density at radius 1 is 1.16 bits per heavy atom. The van der Waals surface area contributed by atoms with Crippen molar-refractivity contribution < 1.29 is 17.9 Å². The topological polar surface area (TPSA) is 88.6 Å². The van der Waals surface area contributed by atoms with Gasteiger partial charge < -0.3 is 10.1 Å². The van der Waals surface area contributed by atoms with Crippen LogP contribution in [0, 0.1) is 6.92 Å². The number of nitrogens with zero attached hydrogens (tertiary/aromatic N) is 2. The molecular weight excluding hydrogens is 446 g/mol. The highest BCUT2D eigenvalue weighted by molar-refractivity contribution is 7.89. The summed E-state index contributed by atoms with van der Waals surface area (Å²) in [6.07, 6.45) is 0.963. The molecule has 1 aliphatic heterocycles. The molecule has 1 aromatic heterocycles.